The summed E-state index contributed by atoms with van der Waals surface area (Å²) >= 11 is 0. The molecule has 0 saturated carbocycles. The van der Waals surface area contributed by atoms with E-state index >= 15 is 0 Å². The van der Waals surface area contributed by atoms with Crippen LogP contribution in [0.1, 0.15) is 136 Å². The molecule has 0 aliphatic carbocycles. The van der Waals surface area contributed by atoms with Crippen LogP contribution in [0.5, 0.6) is 0 Å². The molecule has 0 atom stereocenters. The first-order valence-corrected chi connectivity index (χ1v) is 12.1. The Balaban J connectivity index is 0.000000247. The van der Waals surface area contributed by atoms with Gasteiger partial charge < -0.3 is 0 Å². The molecular formula is C24H45N9. The van der Waals surface area contributed by atoms with Gasteiger partial charge in [0.25, 0.3) is 0 Å². The molecule has 3 aromatic heterocycles. The maximum absolute atomic E-state index is 4.05. The van der Waals surface area contributed by atoms with Crippen molar-refractivity contribution >= 4 is 0 Å². The van der Waals surface area contributed by atoms with Crippen LogP contribution in [0.4, 0.5) is 0 Å². The zero-order valence-corrected chi connectivity index (χ0v) is 22.7. The SMILES string of the molecule is CC(C)c1cn(C(C)C)nn1.CC(C)c1cnnn1C(C)C.CC(C)c1cnnn1C(C)C. The van der Waals surface area contributed by atoms with Crippen molar-refractivity contribution in [1.82, 2.24) is 45.0 Å². The molecule has 0 aromatic carbocycles. The van der Waals surface area contributed by atoms with Crippen molar-refractivity contribution in [2.45, 2.75) is 119 Å². The van der Waals surface area contributed by atoms with Crippen molar-refractivity contribution in [3.05, 3.63) is 35.7 Å². The van der Waals surface area contributed by atoms with E-state index < -0.39 is 0 Å². The number of rotatable bonds is 6. The molecule has 0 aliphatic heterocycles. The second-order valence-electron chi connectivity index (χ2n) is 10.1. The fourth-order valence-corrected chi connectivity index (χ4v) is 2.94. The van der Waals surface area contributed by atoms with E-state index in [0.717, 1.165) is 5.69 Å². The highest BCUT2D eigenvalue weighted by Gasteiger charge is 2.10. The Morgan fingerprint density at radius 1 is 0.545 bits per heavy atom. The standard InChI is InChI=1S/3C8H15N3/c1-6(2)8-5-11(7(3)4)10-9-8;2*1-6(2)8-5-9-10-11(8)7(3)4/h3*5-7H,1-4H3. The van der Waals surface area contributed by atoms with Gasteiger partial charge in [-0.15, -0.1) is 15.3 Å². The number of nitrogens with zero attached hydrogens (tertiary/aromatic N) is 9. The Labute approximate surface area is 200 Å². The Bertz CT molecular complexity index is 796. The lowest BCUT2D eigenvalue weighted by atomic mass is 10.1. The molecule has 0 aliphatic rings. The molecule has 9 nitrogen and oxygen atoms in total. The molecule has 186 valence electrons. The third-order valence-corrected chi connectivity index (χ3v) is 5.02. The molecule has 9 heteroatoms. The monoisotopic (exact) mass is 459 g/mol. The smallest absolute Gasteiger partial charge is 0.0852 e. The second-order valence-corrected chi connectivity index (χ2v) is 10.1. The van der Waals surface area contributed by atoms with E-state index in [1.807, 2.05) is 32.6 Å². The first kappa shape index (κ1) is 28.5. The first-order valence-electron chi connectivity index (χ1n) is 12.1. The van der Waals surface area contributed by atoms with Crippen molar-refractivity contribution < 1.29 is 0 Å². The van der Waals surface area contributed by atoms with Crippen LogP contribution in [-0.2, 0) is 0 Å². The predicted octanol–water partition coefficient (Wildman–Crippen LogP) is 5.95. The van der Waals surface area contributed by atoms with Gasteiger partial charge >= 0.3 is 0 Å². The maximum Gasteiger partial charge on any atom is 0.0852 e. The fourth-order valence-electron chi connectivity index (χ4n) is 2.94. The number of aromatic nitrogens is 9. The number of hydrogen-bond donors (Lipinski definition) is 0. The van der Waals surface area contributed by atoms with Crippen molar-refractivity contribution in [1.29, 1.82) is 0 Å². The van der Waals surface area contributed by atoms with Crippen LogP contribution in [0.15, 0.2) is 18.6 Å². The minimum Gasteiger partial charge on any atom is -0.250 e. The van der Waals surface area contributed by atoms with Gasteiger partial charge in [0.2, 0.25) is 0 Å². The van der Waals surface area contributed by atoms with E-state index in [1.54, 1.807) is 0 Å². The topological polar surface area (TPSA) is 92.1 Å². The normalized spacial score (nSPS) is 11.5. The third-order valence-electron chi connectivity index (χ3n) is 5.02. The van der Waals surface area contributed by atoms with Gasteiger partial charge in [0.15, 0.2) is 0 Å². The first-order chi connectivity index (χ1) is 15.4. The Kier molecular flexibility index (Phi) is 11.4. The fraction of sp³-hybridized carbons (Fsp3) is 0.750. The van der Waals surface area contributed by atoms with Crippen LogP contribution in [0.2, 0.25) is 0 Å². The summed E-state index contributed by atoms with van der Waals surface area (Å²) < 4.78 is 5.81. The van der Waals surface area contributed by atoms with E-state index in [4.69, 9.17) is 0 Å². The van der Waals surface area contributed by atoms with E-state index in [1.165, 1.54) is 11.4 Å². The van der Waals surface area contributed by atoms with E-state index in [9.17, 15) is 0 Å². The van der Waals surface area contributed by atoms with Gasteiger partial charge in [-0.2, -0.15) is 0 Å². The van der Waals surface area contributed by atoms with Gasteiger partial charge in [0.05, 0.1) is 29.5 Å². The highest BCUT2D eigenvalue weighted by atomic mass is 15.4. The Morgan fingerprint density at radius 2 is 0.970 bits per heavy atom. The summed E-state index contributed by atoms with van der Waals surface area (Å²) in [7, 11) is 0. The molecule has 0 radical (unpaired) electrons. The summed E-state index contributed by atoms with van der Waals surface area (Å²) in [6.07, 6.45) is 5.69. The van der Waals surface area contributed by atoms with Crippen LogP contribution in [0, 0.1) is 0 Å². The highest BCUT2D eigenvalue weighted by Crippen LogP contribution is 2.16. The van der Waals surface area contributed by atoms with E-state index in [0.29, 0.717) is 35.9 Å². The van der Waals surface area contributed by atoms with E-state index in [-0.39, 0.29) is 0 Å². The van der Waals surface area contributed by atoms with Gasteiger partial charge in [-0.25, -0.2) is 14.0 Å². The molecule has 33 heavy (non-hydrogen) atoms. The van der Waals surface area contributed by atoms with Crippen LogP contribution in [0.25, 0.3) is 0 Å². The molecule has 3 rings (SSSR count). The van der Waals surface area contributed by atoms with Crippen LogP contribution < -0.4 is 0 Å². The largest absolute Gasteiger partial charge is 0.250 e. The third kappa shape index (κ3) is 8.70. The minimum atomic E-state index is 0.412. The summed E-state index contributed by atoms with van der Waals surface area (Å²) in [6.45, 7) is 25.5. The zero-order chi connectivity index (χ0) is 25.3. The van der Waals surface area contributed by atoms with E-state index in [2.05, 4.69) is 114 Å². The molecule has 0 saturated heterocycles. The Hall–Kier alpha value is -2.58. The maximum atomic E-state index is 4.05. The van der Waals surface area contributed by atoms with Gasteiger partial charge in [0, 0.05) is 24.3 Å². The minimum absolute atomic E-state index is 0.412. The second kappa shape index (κ2) is 13.2. The van der Waals surface area contributed by atoms with Gasteiger partial charge in [0.1, 0.15) is 0 Å². The number of hydrogen-bond acceptors (Lipinski definition) is 6. The summed E-state index contributed by atoms with van der Waals surface area (Å²) in [5, 5.41) is 23.8. The summed E-state index contributed by atoms with van der Waals surface area (Å²) in [5.41, 5.74) is 3.48. The van der Waals surface area contributed by atoms with Gasteiger partial charge in [-0.3, -0.25) is 0 Å². The summed E-state index contributed by atoms with van der Waals surface area (Å²) in [4.78, 5) is 0. The molecule has 0 bridgehead atoms. The molecule has 0 unspecified atom stereocenters. The molecule has 0 fully saturated rings. The van der Waals surface area contributed by atoms with Gasteiger partial charge in [-0.05, 0) is 59.3 Å². The van der Waals surface area contributed by atoms with Crippen LogP contribution in [-0.4, -0.2) is 45.0 Å². The van der Waals surface area contributed by atoms with Crippen LogP contribution in [0.3, 0.4) is 0 Å². The van der Waals surface area contributed by atoms with Crippen molar-refractivity contribution in [2.24, 2.45) is 0 Å². The molecule has 3 heterocycles. The predicted molar refractivity (Wildman–Crippen MR) is 133 cm³/mol. The molecule has 0 N–H and O–H groups in total. The quantitative estimate of drug-likeness (QED) is 0.452. The van der Waals surface area contributed by atoms with Crippen LogP contribution >= 0.6 is 0 Å². The average Bonchev–Trinajstić information content (AvgIpc) is 3.49. The zero-order valence-electron chi connectivity index (χ0n) is 22.7. The lowest BCUT2D eigenvalue weighted by molar-refractivity contribution is 0.484. The lowest BCUT2D eigenvalue weighted by Gasteiger charge is -2.10. The molecule has 0 amide bonds. The molecule has 3 aromatic rings. The Morgan fingerprint density at radius 3 is 1.18 bits per heavy atom. The van der Waals surface area contributed by atoms with Crippen molar-refractivity contribution in [3.8, 4) is 0 Å². The lowest BCUT2D eigenvalue weighted by Crippen LogP contribution is -2.08. The highest BCUT2D eigenvalue weighted by molar-refractivity contribution is 5.01. The molecule has 0 spiro atoms. The molecular weight excluding hydrogens is 414 g/mol. The average molecular weight is 460 g/mol. The summed E-state index contributed by atoms with van der Waals surface area (Å²) in [6, 6.07) is 1.24. The van der Waals surface area contributed by atoms with Crippen molar-refractivity contribution in [2.75, 3.05) is 0 Å². The van der Waals surface area contributed by atoms with Gasteiger partial charge in [-0.1, -0.05) is 57.2 Å². The summed E-state index contributed by atoms with van der Waals surface area (Å²) in [5.74, 6) is 1.49. The van der Waals surface area contributed by atoms with Crippen molar-refractivity contribution in [3.63, 3.8) is 0 Å².